The zero-order valence-electron chi connectivity index (χ0n) is 20.8. The Labute approximate surface area is 201 Å². The van der Waals surface area contributed by atoms with E-state index >= 15 is 0 Å². The summed E-state index contributed by atoms with van der Waals surface area (Å²) in [5.74, 6) is 0.267. The molecule has 6 heteroatoms. The number of aliphatic hydroxyl groups excluding tert-OH is 2. The number of aromatic hydroxyl groups is 1. The Morgan fingerprint density at radius 2 is 1.48 bits per heavy atom. The zero-order chi connectivity index (χ0) is 24.2. The molecule has 0 fully saturated rings. The van der Waals surface area contributed by atoms with Crippen LogP contribution in [0.15, 0.2) is 18.2 Å². The van der Waals surface area contributed by atoms with Crippen LogP contribution in [0.25, 0.3) is 0 Å². The predicted molar refractivity (Wildman–Crippen MR) is 135 cm³/mol. The third-order valence-corrected chi connectivity index (χ3v) is 6.11. The van der Waals surface area contributed by atoms with Gasteiger partial charge >= 0.3 is 0 Å². The number of hydrogen-bond acceptors (Lipinski definition) is 5. The van der Waals surface area contributed by atoms with E-state index in [2.05, 4.69) is 17.6 Å². The van der Waals surface area contributed by atoms with Gasteiger partial charge in [-0.2, -0.15) is 0 Å². The van der Waals surface area contributed by atoms with Gasteiger partial charge in [-0.25, -0.2) is 0 Å². The second-order valence-electron chi connectivity index (χ2n) is 9.11. The Balaban J connectivity index is 1.87. The number of nitrogens with one attached hydrogen (secondary N) is 2. The van der Waals surface area contributed by atoms with Crippen molar-refractivity contribution in [3.05, 3.63) is 29.3 Å². The molecule has 190 valence electrons. The first-order chi connectivity index (χ1) is 16.1. The number of aliphatic hydroxyl groups is 2. The minimum absolute atomic E-state index is 0.0531. The summed E-state index contributed by atoms with van der Waals surface area (Å²) < 4.78 is 0. The number of unbranched alkanes of at least 4 members (excludes halogenated alkanes) is 11. The van der Waals surface area contributed by atoms with E-state index in [0.29, 0.717) is 24.1 Å². The third kappa shape index (κ3) is 15.0. The Morgan fingerprint density at radius 3 is 2.15 bits per heavy atom. The van der Waals surface area contributed by atoms with E-state index in [1.54, 1.807) is 12.1 Å². The summed E-state index contributed by atoms with van der Waals surface area (Å²) in [6, 6.07) is 4.84. The average Bonchev–Trinajstić information content (AvgIpc) is 2.82. The highest BCUT2D eigenvalue weighted by molar-refractivity contribution is 5.75. The lowest BCUT2D eigenvalue weighted by atomic mass is 10.0. The van der Waals surface area contributed by atoms with Crippen LogP contribution < -0.4 is 10.6 Å². The van der Waals surface area contributed by atoms with E-state index in [1.165, 1.54) is 63.9 Å². The second-order valence-corrected chi connectivity index (χ2v) is 9.11. The van der Waals surface area contributed by atoms with E-state index < -0.39 is 6.10 Å². The van der Waals surface area contributed by atoms with Crippen molar-refractivity contribution < 1.29 is 20.1 Å². The van der Waals surface area contributed by atoms with Crippen molar-refractivity contribution in [3.8, 4) is 5.75 Å². The summed E-state index contributed by atoms with van der Waals surface area (Å²) in [6.07, 6.45) is 15.5. The minimum Gasteiger partial charge on any atom is -0.508 e. The fourth-order valence-electron chi connectivity index (χ4n) is 3.94. The molecule has 0 saturated heterocycles. The number of carbonyl (C=O) groups is 1. The summed E-state index contributed by atoms with van der Waals surface area (Å²) in [5.41, 5.74) is 1.14. The van der Waals surface area contributed by atoms with Crippen LogP contribution in [0.3, 0.4) is 0 Å². The van der Waals surface area contributed by atoms with E-state index in [-0.39, 0.29) is 18.3 Å². The summed E-state index contributed by atoms with van der Waals surface area (Å²) in [5, 5.41) is 35.4. The highest BCUT2D eigenvalue weighted by Crippen LogP contribution is 2.22. The van der Waals surface area contributed by atoms with Crippen molar-refractivity contribution >= 4 is 5.91 Å². The summed E-state index contributed by atoms with van der Waals surface area (Å²) >= 11 is 0. The van der Waals surface area contributed by atoms with Gasteiger partial charge < -0.3 is 26.0 Å². The standard InChI is InChI=1S/C27H48N2O4/c1-2-3-4-14-19-29-27(33)15-12-10-8-6-5-7-9-11-13-18-28-21-26(32)23-16-17-25(31)24(20-23)22-30/h16-17,20,26,28,30-32H,2-15,18-19,21-22H2,1H3,(H,29,33). The lowest BCUT2D eigenvalue weighted by molar-refractivity contribution is -0.121. The third-order valence-electron chi connectivity index (χ3n) is 6.11. The first kappa shape index (κ1) is 29.4. The normalized spacial score (nSPS) is 12.1. The van der Waals surface area contributed by atoms with Crippen molar-refractivity contribution in [2.75, 3.05) is 19.6 Å². The van der Waals surface area contributed by atoms with Crippen LogP contribution >= 0.6 is 0 Å². The molecule has 0 heterocycles. The van der Waals surface area contributed by atoms with Crippen LogP contribution in [0, 0.1) is 0 Å². The molecule has 1 aromatic rings. The van der Waals surface area contributed by atoms with Crippen molar-refractivity contribution in [2.45, 2.75) is 110 Å². The maximum Gasteiger partial charge on any atom is 0.219 e. The molecular formula is C27H48N2O4. The van der Waals surface area contributed by atoms with Crippen LogP contribution in [-0.2, 0) is 11.4 Å². The average molecular weight is 465 g/mol. The molecule has 0 spiro atoms. The first-order valence-corrected chi connectivity index (χ1v) is 13.2. The molecule has 0 aliphatic carbocycles. The van der Waals surface area contributed by atoms with Crippen molar-refractivity contribution in [2.24, 2.45) is 0 Å². The van der Waals surface area contributed by atoms with Crippen LogP contribution in [0.4, 0.5) is 0 Å². The molecule has 1 unspecified atom stereocenters. The highest BCUT2D eigenvalue weighted by Gasteiger charge is 2.09. The zero-order valence-corrected chi connectivity index (χ0v) is 20.8. The molecule has 0 bridgehead atoms. The van der Waals surface area contributed by atoms with E-state index in [9.17, 15) is 20.1 Å². The van der Waals surface area contributed by atoms with Crippen molar-refractivity contribution in [1.29, 1.82) is 0 Å². The van der Waals surface area contributed by atoms with Gasteiger partial charge in [0.15, 0.2) is 0 Å². The molecule has 1 rings (SSSR count). The minimum atomic E-state index is -0.646. The SMILES string of the molecule is CCCCCCNC(=O)CCCCCCCCCCCNCC(O)c1ccc(O)c(CO)c1. The molecule has 0 saturated carbocycles. The smallest absolute Gasteiger partial charge is 0.219 e. The molecule has 0 aliphatic rings. The topological polar surface area (TPSA) is 102 Å². The number of hydrogen-bond donors (Lipinski definition) is 5. The summed E-state index contributed by atoms with van der Waals surface area (Å²) in [7, 11) is 0. The molecule has 0 aromatic heterocycles. The summed E-state index contributed by atoms with van der Waals surface area (Å²) in [6.45, 7) is 4.13. The van der Waals surface area contributed by atoms with E-state index in [1.807, 2.05) is 0 Å². The number of amides is 1. The van der Waals surface area contributed by atoms with E-state index in [0.717, 1.165) is 38.8 Å². The van der Waals surface area contributed by atoms with Crippen molar-refractivity contribution in [1.82, 2.24) is 10.6 Å². The Kier molecular flexibility index (Phi) is 17.6. The molecular weight excluding hydrogens is 416 g/mol. The van der Waals surface area contributed by atoms with Crippen molar-refractivity contribution in [3.63, 3.8) is 0 Å². The van der Waals surface area contributed by atoms with Gasteiger partial charge in [0.1, 0.15) is 5.75 Å². The van der Waals surface area contributed by atoms with Gasteiger partial charge in [-0.15, -0.1) is 0 Å². The lowest BCUT2D eigenvalue weighted by Gasteiger charge is -2.14. The van der Waals surface area contributed by atoms with Crippen LogP contribution in [0.1, 0.15) is 114 Å². The molecule has 6 nitrogen and oxygen atoms in total. The fraction of sp³-hybridized carbons (Fsp3) is 0.741. The van der Waals surface area contributed by atoms with Gasteiger partial charge in [-0.05, 0) is 43.5 Å². The Morgan fingerprint density at radius 1 is 0.879 bits per heavy atom. The number of phenols is 1. The lowest BCUT2D eigenvalue weighted by Crippen LogP contribution is -2.23. The molecule has 1 atom stereocenters. The van der Waals surface area contributed by atoms with Crippen LogP contribution in [0.5, 0.6) is 5.75 Å². The molecule has 33 heavy (non-hydrogen) atoms. The number of carbonyl (C=O) groups excluding carboxylic acids is 1. The van der Waals surface area contributed by atoms with Gasteiger partial charge in [0.05, 0.1) is 12.7 Å². The van der Waals surface area contributed by atoms with Gasteiger partial charge in [-0.1, -0.05) is 77.2 Å². The van der Waals surface area contributed by atoms with Gasteiger partial charge in [0.2, 0.25) is 5.91 Å². The molecule has 0 radical (unpaired) electrons. The maximum absolute atomic E-state index is 11.8. The quantitative estimate of drug-likeness (QED) is 0.163. The van der Waals surface area contributed by atoms with Gasteiger partial charge in [0, 0.05) is 25.1 Å². The van der Waals surface area contributed by atoms with E-state index in [4.69, 9.17) is 0 Å². The predicted octanol–water partition coefficient (Wildman–Crippen LogP) is 5.11. The Bertz CT molecular complexity index is 624. The monoisotopic (exact) mass is 464 g/mol. The molecule has 0 aliphatic heterocycles. The Hall–Kier alpha value is -1.63. The highest BCUT2D eigenvalue weighted by atomic mass is 16.3. The number of benzene rings is 1. The molecule has 1 aromatic carbocycles. The first-order valence-electron chi connectivity index (χ1n) is 13.2. The van der Waals surface area contributed by atoms with Gasteiger partial charge in [-0.3, -0.25) is 4.79 Å². The summed E-state index contributed by atoms with van der Waals surface area (Å²) in [4.78, 5) is 11.8. The maximum atomic E-state index is 11.8. The molecule has 5 N–H and O–H groups in total. The fourth-order valence-corrected chi connectivity index (χ4v) is 3.94. The second kappa shape index (κ2) is 19.8. The van der Waals surface area contributed by atoms with Crippen LogP contribution in [0.2, 0.25) is 0 Å². The van der Waals surface area contributed by atoms with Crippen LogP contribution in [-0.4, -0.2) is 40.9 Å². The number of rotatable bonds is 21. The largest absolute Gasteiger partial charge is 0.508 e. The van der Waals surface area contributed by atoms with Gasteiger partial charge in [0.25, 0.3) is 0 Å². The molecule has 1 amide bonds.